The van der Waals surface area contributed by atoms with Gasteiger partial charge in [0.15, 0.2) is 6.10 Å². The number of carbonyl (C=O) groups excluding carboxylic acids is 3. The van der Waals surface area contributed by atoms with Crippen molar-refractivity contribution in [2.75, 3.05) is 13.2 Å². The Balaban J connectivity index is 4.50. The first-order chi connectivity index (χ1) is 32.0. The molecule has 1 atom stereocenters. The Labute approximate surface area is 401 Å². The Bertz CT molecular complexity index is 1270. The van der Waals surface area contributed by atoms with Gasteiger partial charge in [0.2, 0.25) is 0 Å². The molecule has 0 aromatic heterocycles. The van der Waals surface area contributed by atoms with E-state index in [9.17, 15) is 14.4 Å². The zero-order valence-electron chi connectivity index (χ0n) is 42.5. The zero-order valence-corrected chi connectivity index (χ0v) is 42.5. The van der Waals surface area contributed by atoms with Crippen LogP contribution >= 0.6 is 0 Å². The Hall–Kier alpha value is -3.41. The molecule has 0 fully saturated rings. The van der Waals surface area contributed by atoms with E-state index in [1.807, 2.05) is 0 Å². The molecule has 0 bridgehead atoms. The van der Waals surface area contributed by atoms with E-state index < -0.39 is 6.10 Å². The molecule has 0 amide bonds. The van der Waals surface area contributed by atoms with Crippen molar-refractivity contribution in [3.05, 3.63) is 85.1 Å². The van der Waals surface area contributed by atoms with E-state index >= 15 is 0 Å². The fraction of sp³-hybridized carbons (Fsp3) is 0.712. The molecule has 0 aliphatic rings. The SMILES string of the molecule is CCCCC/C=C\C/C=C\C/C=C\C/C=C\CCCCCC(=O)O[C@H](COC(=O)CCCC/C=C\C/C=C\C/C=C\CCCCC)COC(=O)CCCCCCCCCCCCCCC. The summed E-state index contributed by atoms with van der Waals surface area (Å²) in [5.41, 5.74) is 0. The number of ether oxygens (including phenoxy) is 3. The second-order valence-electron chi connectivity index (χ2n) is 17.8. The summed E-state index contributed by atoms with van der Waals surface area (Å²) in [6.45, 7) is 6.52. The predicted octanol–water partition coefficient (Wildman–Crippen LogP) is 18.0. The largest absolute Gasteiger partial charge is 0.462 e. The minimum Gasteiger partial charge on any atom is -0.462 e. The zero-order chi connectivity index (χ0) is 47.2. The number of unbranched alkanes of at least 4 members (excludes halogenated alkanes) is 23. The molecule has 0 saturated heterocycles. The van der Waals surface area contributed by atoms with E-state index in [1.165, 1.54) is 116 Å². The van der Waals surface area contributed by atoms with Gasteiger partial charge in [-0.3, -0.25) is 14.4 Å². The van der Waals surface area contributed by atoms with Gasteiger partial charge in [-0.1, -0.05) is 215 Å². The molecule has 6 heteroatoms. The van der Waals surface area contributed by atoms with Crippen LogP contribution in [0.4, 0.5) is 0 Å². The topological polar surface area (TPSA) is 78.9 Å². The molecule has 0 heterocycles. The van der Waals surface area contributed by atoms with Crippen LogP contribution in [-0.2, 0) is 28.6 Å². The number of hydrogen-bond donors (Lipinski definition) is 0. The van der Waals surface area contributed by atoms with Gasteiger partial charge in [0, 0.05) is 19.3 Å². The van der Waals surface area contributed by atoms with Gasteiger partial charge < -0.3 is 14.2 Å². The van der Waals surface area contributed by atoms with Crippen LogP contribution < -0.4 is 0 Å². The minimum atomic E-state index is -0.807. The maximum atomic E-state index is 12.8. The standard InChI is InChI=1S/C59H100O6/c1-4-7-10-13-16-19-22-25-27-28-29-30-32-35-38-41-44-47-50-53-59(62)65-56(54-63-57(60)51-48-45-42-39-36-33-24-21-18-15-12-9-6-3)55-64-58(61)52-49-46-43-40-37-34-31-26-23-20-17-14-11-8-5-2/h16-17,19-20,25-27,29-31,35,37-38,40,56H,4-15,18,21-24,28,32-34,36,39,41-55H2,1-3H3/b19-16-,20-17-,27-25-,30-29-,31-26-,38-35-,40-37-/t56-/m0/s1. The molecule has 0 aromatic rings. The Kier molecular flexibility index (Phi) is 50.4. The molecule has 0 aliphatic carbocycles. The summed E-state index contributed by atoms with van der Waals surface area (Å²) in [7, 11) is 0. The average molecular weight is 905 g/mol. The second-order valence-corrected chi connectivity index (χ2v) is 17.8. The van der Waals surface area contributed by atoms with Crippen molar-refractivity contribution < 1.29 is 28.6 Å². The van der Waals surface area contributed by atoms with Crippen molar-refractivity contribution in [2.24, 2.45) is 0 Å². The van der Waals surface area contributed by atoms with Crippen LogP contribution in [0.5, 0.6) is 0 Å². The summed E-state index contributed by atoms with van der Waals surface area (Å²) in [5, 5.41) is 0. The van der Waals surface area contributed by atoms with Crippen LogP contribution in [0.3, 0.4) is 0 Å². The first-order valence-electron chi connectivity index (χ1n) is 27.1. The van der Waals surface area contributed by atoms with Gasteiger partial charge in [-0.25, -0.2) is 0 Å². The second kappa shape index (κ2) is 53.2. The molecule has 0 rings (SSSR count). The average Bonchev–Trinajstić information content (AvgIpc) is 3.30. The molecule has 0 spiro atoms. The van der Waals surface area contributed by atoms with Crippen LogP contribution in [0.2, 0.25) is 0 Å². The predicted molar refractivity (Wildman–Crippen MR) is 279 cm³/mol. The quantitative estimate of drug-likeness (QED) is 0.0262. The Morgan fingerprint density at radius 2 is 0.554 bits per heavy atom. The van der Waals surface area contributed by atoms with E-state index in [-0.39, 0.29) is 37.5 Å². The molecule has 0 unspecified atom stereocenters. The van der Waals surface area contributed by atoms with E-state index in [4.69, 9.17) is 14.2 Å². The van der Waals surface area contributed by atoms with Gasteiger partial charge in [-0.2, -0.15) is 0 Å². The lowest BCUT2D eigenvalue weighted by molar-refractivity contribution is -0.167. The first-order valence-corrected chi connectivity index (χ1v) is 27.1. The lowest BCUT2D eigenvalue weighted by atomic mass is 10.0. The summed E-state index contributed by atoms with van der Waals surface area (Å²) in [4.78, 5) is 38.0. The van der Waals surface area contributed by atoms with Crippen LogP contribution in [-0.4, -0.2) is 37.2 Å². The highest BCUT2D eigenvalue weighted by molar-refractivity contribution is 5.71. The first kappa shape index (κ1) is 61.6. The molecule has 0 aromatic carbocycles. The van der Waals surface area contributed by atoms with Crippen LogP contribution in [0, 0.1) is 0 Å². The van der Waals surface area contributed by atoms with Crippen LogP contribution in [0.1, 0.15) is 252 Å². The summed E-state index contributed by atoms with van der Waals surface area (Å²) in [6.07, 6.45) is 68.5. The summed E-state index contributed by atoms with van der Waals surface area (Å²) < 4.78 is 16.8. The van der Waals surface area contributed by atoms with Crippen LogP contribution in [0.25, 0.3) is 0 Å². The lowest BCUT2D eigenvalue weighted by Crippen LogP contribution is -2.30. The van der Waals surface area contributed by atoms with Gasteiger partial charge in [-0.05, 0) is 103 Å². The fourth-order valence-electron chi connectivity index (χ4n) is 7.25. The van der Waals surface area contributed by atoms with Crippen molar-refractivity contribution in [2.45, 2.75) is 258 Å². The molecular weight excluding hydrogens is 805 g/mol. The summed E-state index contributed by atoms with van der Waals surface area (Å²) in [5.74, 6) is -0.969. The van der Waals surface area contributed by atoms with Gasteiger partial charge in [0.05, 0.1) is 0 Å². The minimum absolute atomic E-state index is 0.100. The smallest absolute Gasteiger partial charge is 0.306 e. The highest BCUT2D eigenvalue weighted by Crippen LogP contribution is 2.14. The number of esters is 3. The highest BCUT2D eigenvalue weighted by Gasteiger charge is 2.19. The lowest BCUT2D eigenvalue weighted by Gasteiger charge is -2.18. The Morgan fingerprint density at radius 3 is 0.923 bits per heavy atom. The highest BCUT2D eigenvalue weighted by atomic mass is 16.6. The normalized spacial score (nSPS) is 12.7. The molecular formula is C59H100O6. The molecule has 65 heavy (non-hydrogen) atoms. The van der Waals surface area contributed by atoms with E-state index in [2.05, 4.69) is 106 Å². The van der Waals surface area contributed by atoms with Crippen molar-refractivity contribution in [1.29, 1.82) is 0 Å². The molecule has 6 nitrogen and oxygen atoms in total. The maximum absolute atomic E-state index is 12.8. The van der Waals surface area contributed by atoms with Crippen molar-refractivity contribution >= 4 is 17.9 Å². The monoisotopic (exact) mass is 905 g/mol. The fourth-order valence-corrected chi connectivity index (χ4v) is 7.25. The van der Waals surface area contributed by atoms with E-state index in [1.54, 1.807) is 0 Å². The third-order valence-corrected chi connectivity index (χ3v) is 11.4. The van der Waals surface area contributed by atoms with E-state index in [0.29, 0.717) is 12.8 Å². The van der Waals surface area contributed by atoms with E-state index in [0.717, 1.165) is 96.3 Å². The summed E-state index contributed by atoms with van der Waals surface area (Å²) >= 11 is 0. The van der Waals surface area contributed by atoms with Gasteiger partial charge in [-0.15, -0.1) is 0 Å². The maximum Gasteiger partial charge on any atom is 0.306 e. The number of hydrogen-bond acceptors (Lipinski definition) is 6. The Morgan fingerprint density at radius 1 is 0.308 bits per heavy atom. The van der Waals surface area contributed by atoms with Crippen molar-refractivity contribution in [3.63, 3.8) is 0 Å². The number of rotatable bonds is 48. The third-order valence-electron chi connectivity index (χ3n) is 11.4. The molecule has 0 aliphatic heterocycles. The molecule has 0 N–H and O–H groups in total. The van der Waals surface area contributed by atoms with Crippen molar-refractivity contribution in [3.8, 4) is 0 Å². The third kappa shape index (κ3) is 51.4. The number of allylic oxidation sites excluding steroid dienone is 14. The molecule has 372 valence electrons. The molecule has 0 radical (unpaired) electrons. The molecule has 0 saturated carbocycles. The van der Waals surface area contributed by atoms with Gasteiger partial charge in [0.1, 0.15) is 13.2 Å². The summed E-state index contributed by atoms with van der Waals surface area (Å²) in [6, 6.07) is 0. The number of carbonyl (C=O) groups is 3. The van der Waals surface area contributed by atoms with Gasteiger partial charge in [0.25, 0.3) is 0 Å². The van der Waals surface area contributed by atoms with Crippen LogP contribution in [0.15, 0.2) is 85.1 Å². The van der Waals surface area contributed by atoms with Crippen molar-refractivity contribution in [1.82, 2.24) is 0 Å². The van der Waals surface area contributed by atoms with Gasteiger partial charge >= 0.3 is 17.9 Å².